The fourth-order valence-electron chi connectivity index (χ4n) is 5.33. The van der Waals surface area contributed by atoms with Crippen molar-refractivity contribution in [3.05, 3.63) is 101 Å². The highest BCUT2D eigenvalue weighted by molar-refractivity contribution is 6.01. The zero-order chi connectivity index (χ0) is 23.7. The third-order valence-corrected chi connectivity index (χ3v) is 6.92. The average molecular weight is 453 g/mol. The van der Waals surface area contributed by atoms with Crippen molar-refractivity contribution in [2.45, 2.75) is 39.2 Å². The number of rotatable bonds is 5. The molecule has 0 unspecified atom stereocenters. The van der Waals surface area contributed by atoms with E-state index in [0.717, 1.165) is 53.3 Å². The zero-order valence-corrected chi connectivity index (χ0v) is 20.2. The molecule has 1 atom stereocenters. The molecule has 0 saturated heterocycles. The molecule has 4 nitrogen and oxygen atoms in total. The number of para-hydroxylation sites is 2. The molecule has 2 aliphatic rings. The smallest absolute Gasteiger partial charge is 0.163 e. The number of methoxy groups -OCH3 is 1. The van der Waals surface area contributed by atoms with Crippen molar-refractivity contribution >= 4 is 17.2 Å². The quantitative estimate of drug-likeness (QED) is 0.476. The first-order chi connectivity index (χ1) is 16.4. The fourth-order valence-corrected chi connectivity index (χ4v) is 5.33. The average Bonchev–Trinajstić information content (AvgIpc) is 2.97. The SMILES string of the molecule is COc1ccc([C@@H]2C3=C(CC(C)(C)CC3=O)Nc3ccccc3N2CCc2ccccc2)cc1. The topological polar surface area (TPSA) is 41.6 Å². The van der Waals surface area contributed by atoms with Gasteiger partial charge in [-0.3, -0.25) is 4.79 Å². The van der Waals surface area contributed by atoms with Crippen molar-refractivity contribution in [2.75, 3.05) is 23.9 Å². The number of benzene rings is 3. The normalized spacial score (nSPS) is 19.1. The maximum absolute atomic E-state index is 13.7. The Hall–Kier alpha value is -3.53. The van der Waals surface area contributed by atoms with E-state index in [-0.39, 0.29) is 17.2 Å². The molecule has 0 saturated carbocycles. The van der Waals surface area contributed by atoms with E-state index in [1.165, 1.54) is 5.56 Å². The van der Waals surface area contributed by atoms with E-state index in [1.54, 1.807) is 7.11 Å². The lowest BCUT2D eigenvalue weighted by Gasteiger charge is -2.38. The van der Waals surface area contributed by atoms with Gasteiger partial charge >= 0.3 is 0 Å². The fraction of sp³-hybridized carbons (Fsp3) is 0.300. The van der Waals surface area contributed by atoms with Crippen molar-refractivity contribution in [2.24, 2.45) is 5.41 Å². The molecule has 174 valence electrons. The van der Waals surface area contributed by atoms with Crippen LogP contribution in [0.25, 0.3) is 0 Å². The number of carbonyl (C=O) groups excluding carboxylic acids is 1. The number of fused-ring (bicyclic) bond motifs is 1. The molecule has 1 heterocycles. The Balaban J connectivity index is 1.66. The molecule has 1 N–H and O–H groups in total. The van der Waals surface area contributed by atoms with E-state index in [2.05, 4.69) is 84.7 Å². The molecule has 34 heavy (non-hydrogen) atoms. The van der Waals surface area contributed by atoms with Crippen LogP contribution in [-0.2, 0) is 11.2 Å². The first-order valence-electron chi connectivity index (χ1n) is 12.0. The summed E-state index contributed by atoms with van der Waals surface area (Å²) in [7, 11) is 1.68. The number of ether oxygens (including phenoxy) is 1. The van der Waals surface area contributed by atoms with Crippen LogP contribution in [0.1, 0.15) is 43.9 Å². The van der Waals surface area contributed by atoms with Gasteiger partial charge in [-0.05, 0) is 53.6 Å². The maximum Gasteiger partial charge on any atom is 0.163 e. The van der Waals surface area contributed by atoms with E-state index in [9.17, 15) is 4.79 Å². The van der Waals surface area contributed by atoms with Crippen molar-refractivity contribution in [3.63, 3.8) is 0 Å². The summed E-state index contributed by atoms with van der Waals surface area (Å²) >= 11 is 0. The Morgan fingerprint density at radius 2 is 1.65 bits per heavy atom. The number of ketones is 1. The first kappa shape index (κ1) is 22.3. The van der Waals surface area contributed by atoms with Crippen molar-refractivity contribution in [1.82, 2.24) is 0 Å². The van der Waals surface area contributed by atoms with Crippen LogP contribution in [0.3, 0.4) is 0 Å². The molecule has 0 radical (unpaired) electrons. The van der Waals surface area contributed by atoms with Crippen LogP contribution < -0.4 is 15.0 Å². The molecule has 0 spiro atoms. The third-order valence-electron chi connectivity index (χ3n) is 6.92. The summed E-state index contributed by atoms with van der Waals surface area (Å²) in [5.41, 5.74) is 6.46. The van der Waals surface area contributed by atoms with Crippen LogP contribution in [-0.4, -0.2) is 19.4 Å². The van der Waals surface area contributed by atoms with E-state index < -0.39 is 0 Å². The van der Waals surface area contributed by atoms with E-state index in [0.29, 0.717) is 6.42 Å². The number of nitrogens with zero attached hydrogens (tertiary/aromatic N) is 1. The standard InChI is InChI=1S/C30H32N2O2/c1-30(2)19-25-28(27(33)20-30)29(22-13-15-23(34-3)16-14-22)32(18-17-21-9-5-4-6-10-21)26-12-8-7-11-24(26)31-25/h4-16,29,31H,17-20H2,1-3H3/t29-/m1/s1. The molecule has 0 fully saturated rings. The molecule has 1 aliphatic carbocycles. The predicted molar refractivity (Wildman–Crippen MR) is 138 cm³/mol. The largest absolute Gasteiger partial charge is 0.497 e. The van der Waals surface area contributed by atoms with E-state index in [1.807, 2.05) is 18.2 Å². The zero-order valence-electron chi connectivity index (χ0n) is 20.2. The van der Waals surface area contributed by atoms with E-state index >= 15 is 0 Å². The third kappa shape index (κ3) is 4.33. The van der Waals surface area contributed by atoms with Gasteiger partial charge in [0, 0.05) is 24.2 Å². The molecule has 0 bridgehead atoms. The van der Waals surface area contributed by atoms with Gasteiger partial charge in [0.25, 0.3) is 0 Å². The summed E-state index contributed by atoms with van der Waals surface area (Å²) in [4.78, 5) is 16.1. The molecule has 1 aliphatic heterocycles. The molecule has 4 heteroatoms. The summed E-state index contributed by atoms with van der Waals surface area (Å²) in [5.74, 6) is 1.05. The summed E-state index contributed by atoms with van der Waals surface area (Å²) in [6, 6.07) is 27.0. The highest BCUT2D eigenvalue weighted by atomic mass is 16.5. The summed E-state index contributed by atoms with van der Waals surface area (Å²) in [6.07, 6.45) is 2.30. The number of nitrogens with one attached hydrogen (secondary N) is 1. The van der Waals surface area contributed by atoms with Crippen molar-refractivity contribution in [1.29, 1.82) is 0 Å². The Kier molecular flexibility index (Phi) is 5.91. The molecule has 3 aromatic carbocycles. The van der Waals surface area contributed by atoms with E-state index in [4.69, 9.17) is 4.74 Å². The van der Waals surface area contributed by atoms with Gasteiger partial charge in [0.2, 0.25) is 0 Å². The van der Waals surface area contributed by atoms with Gasteiger partial charge in [0.1, 0.15) is 5.75 Å². The number of Topliss-reactive ketones (excluding diaryl/α,β-unsaturated/α-hetero) is 1. The summed E-state index contributed by atoms with van der Waals surface area (Å²) in [5, 5.41) is 3.69. The van der Waals surface area contributed by atoms with Crippen LogP contribution in [0.5, 0.6) is 5.75 Å². The Morgan fingerprint density at radius 1 is 0.941 bits per heavy atom. The predicted octanol–water partition coefficient (Wildman–Crippen LogP) is 6.55. The lowest BCUT2D eigenvalue weighted by atomic mass is 9.73. The summed E-state index contributed by atoms with van der Waals surface area (Å²) < 4.78 is 5.42. The molecule has 0 aromatic heterocycles. The monoisotopic (exact) mass is 452 g/mol. The molecule has 3 aromatic rings. The first-order valence-corrected chi connectivity index (χ1v) is 12.0. The highest BCUT2D eigenvalue weighted by Gasteiger charge is 2.41. The van der Waals surface area contributed by atoms with Crippen LogP contribution >= 0.6 is 0 Å². The number of anilines is 2. The van der Waals surface area contributed by atoms with Crippen LogP contribution in [0.15, 0.2) is 90.1 Å². The Morgan fingerprint density at radius 3 is 2.38 bits per heavy atom. The minimum Gasteiger partial charge on any atom is -0.497 e. The molecule has 5 rings (SSSR count). The lowest BCUT2D eigenvalue weighted by Crippen LogP contribution is -2.37. The van der Waals surface area contributed by atoms with Gasteiger partial charge in [0.05, 0.1) is 24.5 Å². The van der Waals surface area contributed by atoms with Gasteiger partial charge in [0.15, 0.2) is 5.78 Å². The second-order valence-corrected chi connectivity index (χ2v) is 10.1. The van der Waals surface area contributed by atoms with Gasteiger partial charge in [-0.2, -0.15) is 0 Å². The van der Waals surface area contributed by atoms with Crippen LogP contribution in [0.2, 0.25) is 0 Å². The Bertz CT molecular complexity index is 1210. The van der Waals surface area contributed by atoms with Gasteiger partial charge in [-0.15, -0.1) is 0 Å². The maximum atomic E-state index is 13.7. The Labute approximate surface area is 202 Å². The van der Waals surface area contributed by atoms with Gasteiger partial charge in [-0.1, -0.05) is 68.4 Å². The number of allylic oxidation sites excluding steroid dienone is 1. The second kappa shape index (κ2) is 9.02. The second-order valence-electron chi connectivity index (χ2n) is 10.1. The molecule has 0 amide bonds. The lowest BCUT2D eigenvalue weighted by molar-refractivity contribution is -0.118. The number of hydrogen-bond donors (Lipinski definition) is 1. The molecular weight excluding hydrogens is 420 g/mol. The number of carbonyl (C=O) groups is 1. The van der Waals surface area contributed by atoms with Gasteiger partial charge in [-0.25, -0.2) is 0 Å². The number of hydrogen-bond acceptors (Lipinski definition) is 4. The minimum atomic E-state index is -0.163. The molecular formula is C30H32N2O2. The van der Waals surface area contributed by atoms with Crippen molar-refractivity contribution < 1.29 is 9.53 Å². The summed E-state index contributed by atoms with van der Waals surface area (Å²) in [6.45, 7) is 5.16. The van der Waals surface area contributed by atoms with Crippen LogP contribution in [0, 0.1) is 5.41 Å². The minimum absolute atomic E-state index is 0.0679. The van der Waals surface area contributed by atoms with Crippen LogP contribution in [0.4, 0.5) is 11.4 Å². The van der Waals surface area contributed by atoms with Gasteiger partial charge < -0.3 is 15.0 Å². The van der Waals surface area contributed by atoms with Crippen molar-refractivity contribution in [3.8, 4) is 5.75 Å². The highest BCUT2D eigenvalue weighted by Crippen LogP contribution is 2.48.